The van der Waals surface area contributed by atoms with Gasteiger partial charge in [0.2, 0.25) is 5.75 Å². The van der Waals surface area contributed by atoms with Crippen LogP contribution in [-0.2, 0) is 0 Å². The van der Waals surface area contributed by atoms with Crippen molar-refractivity contribution in [3.63, 3.8) is 0 Å². The summed E-state index contributed by atoms with van der Waals surface area (Å²) in [6, 6.07) is 23.3. The summed E-state index contributed by atoms with van der Waals surface area (Å²) in [5.74, 6) is 2.06. The average Bonchev–Trinajstić information content (AvgIpc) is 2.59. The molecule has 6 heteroatoms. The molecular weight excluding hydrogens is 327 g/mol. The Kier molecular flexibility index (Phi) is 5.29. The van der Waals surface area contributed by atoms with Crippen molar-refractivity contribution in [1.82, 2.24) is 0 Å². The van der Waals surface area contributed by atoms with E-state index in [9.17, 15) is 9.79 Å². The molecule has 3 rings (SSSR count). The van der Waals surface area contributed by atoms with Gasteiger partial charge in [0.05, 0.1) is 0 Å². The second kappa shape index (κ2) is 7.79. The van der Waals surface area contributed by atoms with Crippen molar-refractivity contribution in [2.75, 3.05) is 0 Å². The Labute approximate surface area is 140 Å². The van der Waals surface area contributed by atoms with Gasteiger partial charge in [-0.1, -0.05) is 42.5 Å². The molecule has 0 atom stereocenters. The van der Waals surface area contributed by atoms with E-state index in [0.717, 1.165) is 0 Å². The summed E-state index contributed by atoms with van der Waals surface area (Å²) < 4.78 is 16.8. The lowest BCUT2D eigenvalue weighted by molar-refractivity contribution is 0.355. The van der Waals surface area contributed by atoms with Crippen molar-refractivity contribution < 1.29 is 23.8 Å². The number of benzene rings is 3. The second-order valence-corrected chi connectivity index (χ2v) is 5.45. The summed E-state index contributed by atoms with van der Waals surface area (Å²) in [7, 11) is -2.57. The Hall–Kier alpha value is -2.59. The molecule has 0 radical (unpaired) electrons. The third-order valence-electron chi connectivity index (χ3n) is 3.06. The topological polar surface area (TPSA) is 68.2 Å². The van der Waals surface area contributed by atoms with Crippen LogP contribution in [0, 0.1) is 0 Å². The highest BCUT2D eigenvalue weighted by Gasteiger charge is 2.17. The Balaban J connectivity index is 1.97. The normalized spacial score (nSPS) is 10.5. The fraction of sp³-hybridized carbons (Fsp3) is 0. The third-order valence-corrected chi connectivity index (χ3v) is 3.42. The van der Waals surface area contributed by atoms with Crippen LogP contribution in [0.1, 0.15) is 0 Å². The zero-order valence-electron chi connectivity index (χ0n) is 12.6. The van der Waals surface area contributed by atoms with Crippen LogP contribution in [0.25, 0.3) is 0 Å². The molecule has 0 saturated carbocycles. The van der Waals surface area contributed by atoms with Gasteiger partial charge in [0.15, 0.2) is 11.5 Å². The average molecular weight is 342 g/mol. The molecule has 3 aromatic carbocycles. The van der Waals surface area contributed by atoms with Crippen molar-refractivity contribution in [1.29, 1.82) is 0 Å². The van der Waals surface area contributed by atoms with Gasteiger partial charge < -0.3 is 23.8 Å². The van der Waals surface area contributed by atoms with E-state index < -0.39 is 8.60 Å². The first-order chi connectivity index (χ1) is 11.7. The van der Waals surface area contributed by atoms with Gasteiger partial charge in [-0.05, 0) is 36.4 Å². The molecule has 0 saturated heterocycles. The van der Waals surface area contributed by atoms with Crippen molar-refractivity contribution in [2.45, 2.75) is 0 Å². The highest BCUT2D eigenvalue weighted by atomic mass is 31.2. The SMILES string of the molecule is OP(O)Oc1cccc(Oc2ccccc2)c1Oc1ccccc1. The van der Waals surface area contributed by atoms with Crippen LogP contribution in [0.15, 0.2) is 78.9 Å². The minimum atomic E-state index is -2.57. The van der Waals surface area contributed by atoms with E-state index in [0.29, 0.717) is 17.2 Å². The molecule has 0 aromatic heterocycles. The molecular formula is C18H15O5P. The van der Waals surface area contributed by atoms with Crippen molar-refractivity contribution >= 4 is 8.60 Å². The van der Waals surface area contributed by atoms with E-state index in [1.54, 1.807) is 30.3 Å². The molecule has 5 nitrogen and oxygen atoms in total. The van der Waals surface area contributed by atoms with E-state index >= 15 is 0 Å². The van der Waals surface area contributed by atoms with Gasteiger partial charge in [-0.15, -0.1) is 0 Å². The molecule has 0 amide bonds. The minimum Gasteiger partial charge on any atom is -0.453 e. The summed E-state index contributed by atoms with van der Waals surface area (Å²) in [5, 5.41) is 0. The Morgan fingerprint density at radius 3 is 1.71 bits per heavy atom. The van der Waals surface area contributed by atoms with Gasteiger partial charge in [0.1, 0.15) is 11.5 Å². The van der Waals surface area contributed by atoms with E-state index in [1.807, 2.05) is 48.5 Å². The van der Waals surface area contributed by atoms with Crippen LogP contribution >= 0.6 is 8.60 Å². The molecule has 0 fully saturated rings. The molecule has 0 heterocycles. The maximum absolute atomic E-state index is 9.18. The van der Waals surface area contributed by atoms with Crippen LogP contribution in [0.3, 0.4) is 0 Å². The quantitative estimate of drug-likeness (QED) is 0.626. The molecule has 2 N–H and O–H groups in total. The Morgan fingerprint density at radius 2 is 1.12 bits per heavy atom. The zero-order valence-corrected chi connectivity index (χ0v) is 13.5. The van der Waals surface area contributed by atoms with Crippen LogP contribution < -0.4 is 14.0 Å². The van der Waals surface area contributed by atoms with E-state index in [-0.39, 0.29) is 11.5 Å². The Bertz CT molecular complexity index is 778. The second-order valence-electron chi connectivity index (χ2n) is 4.76. The lowest BCUT2D eigenvalue weighted by atomic mass is 10.2. The lowest BCUT2D eigenvalue weighted by Crippen LogP contribution is -1.94. The summed E-state index contributed by atoms with van der Waals surface area (Å²) in [6.45, 7) is 0. The van der Waals surface area contributed by atoms with Crippen molar-refractivity contribution in [2.24, 2.45) is 0 Å². The van der Waals surface area contributed by atoms with E-state index in [2.05, 4.69) is 0 Å². The van der Waals surface area contributed by atoms with Gasteiger partial charge >= 0.3 is 8.60 Å². The van der Waals surface area contributed by atoms with Crippen LogP contribution in [0.4, 0.5) is 0 Å². The highest BCUT2D eigenvalue weighted by Crippen LogP contribution is 2.45. The molecule has 0 aliphatic rings. The van der Waals surface area contributed by atoms with Crippen molar-refractivity contribution in [3.8, 4) is 28.7 Å². The Morgan fingerprint density at radius 1 is 0.583 bits per heavy atom. The largest absolute Gasteiger partial charge is 0.453 e. The van der Waals surface area contributed by atoms with Crippen LogP contribution in [-0.4, -0.2) is 9.79 Å². The van der Waals surface area contributed by atoms with Crippen molar-refractivity contribution in [3.05, 3.63) is 78.9 Å². The first-order valence-electron chi connectivity index (χ1n) is 7.17. The fourth-order valence-electron chi connectivity index (χ4n) is 2.06. The van der Waals surface area contributed by atoms with Gasteiger partial charge in [0.25, 0.3) is 0 Å². The fourth-order valence-corrected chi connectivity index (χ4v) is 2.38. The monoisotopic (exact) mass is 342 g/mol. The zero-order chi connectivity index (χ0) is 16.8. The van der Waals surface area contributed by atoms with Crippen LogP contribution in [0.2, 0.25) is 0 Å². The van der Waals surface area contributed by atoms with Gasteiger partial charge in [-0.2, -0.15) is 0 Å². The molecule has 0 spiro atoms. The molecule has 122 valence electrons. The van der Waals surface area contributed by atoms with Gasteiger partial charge in [-0.25, -0.2) is 0 Å². The van der Waals surface area contributed by atoms with Gasteiger partial charge in [0, 0.05) is 0 Å². The summed E-state index contributed by atoms with van der Waals surface area (Å²) in [4.78, 5) is 18.4. The van der Waals surface area contributed by atoms with Gasteiger partial charge in [-0.3, -0.25) is 0 Å². The molecule has 0 unspecified atom stereocenters. The maximum atomic E-state index is 9.18. The lowest BCUT2D eigenvalue weighted by Gasteiger charge is -2.16. The predicted molar refractivity (Wildman–Crippen MR) is 91.5 cm³/mol. The molecule has 24 heavy (non-hydrogen) atoms. The number of ether oxygens (including phenoxy) is 2. The smallest absolute Gasteiger partial charge is 0.391 e. The molecule has 0 aliphatic carbocycles. The number of hydrogen-bond donors (Lipinski definition) is 2. The summed E-state index contributed by atoms with van der Waals surface area (Å²) >= 11 is 0. The standard InChI is InChI=1S/C18H15O5P/c19-24(20)23-17-13-7-12-16(21-14-8-3-1-4-9-14)18(17)22-15-10-5-2-6-11-15/h1-13,19-20H. The maximum Gasteiger partial charge on any atom is 0.391 e. The first kappa shape index (κ1) is 16.3. The van der Waals surface area contributed by atoms with E-state index in [1.165, 1.54) is 0 Å². The molecule has 3 aromatic rings. The highest BCUT2D eigenvalue weighted by molar-refractivity contribution is 7.39. The third kappa shape index (κ3) is 4.24. The number of para-hydroxylation sites is 3. The van der Waals surface area contributed by atoms with E-state index in [4.69, 9.17) is 14.0 Å². The first-order valence-corrected chi connectivity index (χ1v) is 8.33. The summed E-state index contributed by atoms with van der Waals surface area (Å²) in [6.07, 6.45) is 0. The number of rotatable bonds is 6. The molecule has 0 bridgehead atoms. The number of hydrogen-bond acceptors (Lipinski definition) is 5. The minimum absolute atomic E-state index is 0.184. The molecule has 0 aliphatic heterocycles. The summed E-state index contributed by atoms with van der Waals surface area (Å²) in [5.41, 5.74) is 0. The predicted octanol–water partition coefficient (Wildman–Crippen LogP) is 4.86. The van der Waals surface area contributed by atoms with Crippen LogP contribution in [0.5, 0.6) is 28.7 Å².